The largest absolute Gasteiger partial charge is 0.379 e. The van der Waals surface area contributed by atoms with Crippen molar-refractivity contribution >= 4 is 7.37 Å². The van der Waals surface area contributed by atoms with Crippen LogP contribution in [0.25, 0.3) is 0 Å². The molecule has 48 heavy (non-hydrogen) atoms. The zero-order valence-corrected chi connectivity index (χ0v) is 34.8. The number of nitrogens with zero attached hydrogens (tertiary/aromatic N) is 1. The Bertz CT molecular complexity index is 630. The van der Waals surface area contributed by atoms with Crippen molar-refractivity contribution in [2.75, 3.05) is 53.3 Å². The van der Waals surface area contributed by atoms with Gasteiger partial charge < -0.3 is 19.3 Å². The maximum Gasteiger partial charge on any atom is 0.203 e. The first-order valence-electron chi connectivity index (χ1n) is 21.4. The van der Waals surface area contributed by atoms with Crippen molar-refractivity contribution in [3.05, 3.63) is 0 Å². The highest BCUT2D eigenvalue weighted by Crippen LogP contribution is 2.40. The average Bonchev–Trinajstić information content (AvgIpc) is 3.05. The van der Waals surface area contributed by atoms with E-state index in [2.05, 4.69) is 13.8 Å². The number of unbranched alkanes of at least 4 members (excludes halogenated alkanes) is 28. The van der Waals surface area contributed by atoms with Gasteiger partial charge in [0.05, 0.1) is 18.9 Å². The van der Waals surface area contributed by atoms with Gasteiger partial charge in [0.15, 0.2) is 0 Å². The molecular weight excluding hydrogens is 613 g/mol. The third kappa shape index (κ3) is 46.1. The summed E-state index contributed by atoms with van der Waals surface area (Å²) in [4.78, 5) is 12.2. The molecule has 0 rings (SSSR count). The van der Waals surface area contributed by atoms with Crippen molar-refractivity contribution in [1.82, 2.24) is 4.90 Å². The lowest BCUT2D eigenvalue weighted by atomic mass is 10.0. The first kappa shape index (κ1) is 50.2. The van der Waals surface area contributed by atoms with E-state index in [-0.39, 0.29) is 12.3 Å². The van der Waals surface area contributed by atoms with Gasteiger partial charge in [-0.2, -0.15) is 0 Å². The topological polar surface area (TPSA) is 59.0 Å². The van der Waals surface area contributed by atoms with Crippen molar-refractivity contribution in [1.29, 1.82) is 0 Å². The first-order chi connectivity index (χ1) is 23.3. The maximum absolute atomic E-state index is 12.4. The van der Waals surface area contributed by atoms with E-state index in [1.54, 1.807) is 6.92 Å². The van der Waals surface area contributed by atoms with Crippen LogP contribution in [0.4, 0.5) is 0 Å². The summed E-state index contributed by atoms with van der Waals surface area (Å²) in [6.45, 7) is 8.22. The Morgan fingerprint density at radius 2 is 0.750 bits per heavy atom. The van der Waals surface area contributed by atoms with E-state index in [9.17, 15) is 9.46 Å². The Hall–Kier alpha value is 0.0700. The second-order valence-corrected chi connectivity index (χ2v) is 17.8. The van der Waals surface area contributed by atoms with Gasteiger partial charge in [-0.25, -0.2) is 0 Å². The SMILES string of the molecule is CCCCCCCCCCCCCCCCCCOCC(CP(=O)(O)CC)OCCCCCCCCCCCCCCCC.CN(C)C. The van der Waals surface area contributed by atoms with Gasteiger partial charge in [0.25, 0.3) is 0 Å². The molecule has 0 aliphatic rings. The fourth-order valence-electron chi connectivity index (χ4n) is 6.11. The molecule has 2 atom stereocenters. The number of rotatable bonds is 38. The average molecular weight is 704 g/mol. The first-order valence-corrected chi connectivity index (χ1v) is 23.4. The van der Waals surface area contributed by atoms with Gasteiger partial charge in [-0.3, -0.25) is 4.57 Å². The number of hydrogen-bond acceptors (Lipinski definition) is 4. The predicted octanol–water partition coefficient (Wildman–Crippen LogP) is 13.6. The lowest BCUT2D eigenvalue weighted by molar-refractivity contribution is -0.00792. The molecule has 0 spiro atoms. The van der Waals surface area contributed by atoms with Crippen LogP contribution in [0.5, 0.6) is 0 Å². The van der Waals surface area contributed by atoms with Crippen LogP contribution in [0.3, 0.4) is 0 Å². The molecule has 0 aliphatic heterocycles. The number of hydrogen-bond donors (Lipinski definition) is 1. The predicted molar refractivity (Wildman–Crippen MR) is 215 cm³/mol. The van der Waals surface area contributed by atoms with E-state index in [1.165, 1.54) is 180 Å². The molecule has 0 fully saturated rings. The fraction of sp³-hybridized carbons (Fsp3) is 1.00. The maximum atomic E-state index is 12.4. The van der Waals surface area contributed by atoms with Crippen molar-refractivity contribution in [2.45, 2.75) is 219 Å². The lowest BCUT2D eigenvalue weighted by Crippen LogP contribution is -2.25. The van der Waals surface area contributed by atoms with E-state index in [1.807, 2.05) is 26.0 Å². The summed E-state index contributed by atoms with van der Waals surface area (Å²) >= 11 is 0. The van der Waals surface area contributed by atoms with E-state index < -0.39 is 7.37 Å². The molecule has 5 nitrogen and oxygen atoms in total. The number of ether oxygens (including phenoxy) is 2. The second kappa shape index (κ2) is 41.5. The van der Waals surface area contributed by atoms with Crippen LogP contribution in [0.15, 0.2) is 0 Å². The Morgan fingerprint density at radius 3 is 1.04 bits per heavy atom. The molecule has 0 radical (unpaired) electrons. The van der Waals surface area contributed by atoms with Crippen molar-refractivity contribution < 1.29 is 18.9 Å². The normalized spacial score (nSPS) is 13.4. The molecule has 0 bridgehead atoms. The Kier molecular flexibility index (Phi) is 43.4. The zero-order chi connectivity index (χ0) is 35.8. The summed E-state index contributed by atoms with van der Waals surface area (Å²) in [6, 6.07) is 0. The highest BCUT2D eigenvalue weighted by atomic mass is 31.2. The molecule has 1 N–H and O–H groups in total. The summed E-state index contributed by atoms with van der Waals surface area (Å²) in [5.74, 6) is 0. The van der Waals surface area contributed by atoms with Crippen LogP contribution in [0.2, 0.25) is 0 Å². The summed E-state index contributed by atoms with van der Waals surface area (Å²) in [6.07, 6.45) is 41.0. The Morgan fingerprint density at radius 1 is 0.479 bits per heavy atom. The van der Waals surface area contributed by atoms with Crippen LogP contribution in [-0.2, 0) is 14.0 Å². The molecule has 0 aromatic rings. The molecule has 292 valence electrons. The Labute approximate surface area is 303 Å². The summed E-state index contributed by atoms with van der Waals surface area (Å²) in [5, 5.41) is 0. The van der Waals surface area contributed by atoms with Crippen molar-refractivity contribution in [3.8, 4) is 0 Å². The van der Waals surface area contributed by atoms with Crippen molar-refractivity contribution in [3.63, 3.8) is 0 Å². The van der Waals surface area contributed by atoms with Gasteiger partial charge in [-0.1, -0.05) is 201 Å². The summed E-state index contributed by atoms with van der Waals surface area (Å²) in [5.41, 5.74) is 0. The lowest BCUT2D eigenvalue weighted by Gasteiger charge is -2.20. The molecule has 0 aromatic heterocycles. The molecular formula is C42H90NO4P. The minimum absolute atomic E-state index is 0.223. The third-order valence-electron chi connectivity index (χ3n) is 9.28. The Balaban J connectivity index is 0. The molecule has 2 unspecified atom stereocenters. The van der Waals surface area contributed by atoms with E-state index >= 15 is 0 Å². The smallest absolute Gasteiger partial charge is 0.203 e. The quantitative estimate of drug-likeness (QED) is 0.0512. The molecule has 0 saturated heterocycles. The van der Waals surface area contributed by atoms with Crippen molar-refractivity contribution in [2.24, 2.45) is 0 Å². The zero-order valence-electron chi connectivity index (χ0n) is 33.9. The molecule has 0 aliphatic carbocycles. The molecule has 0 saturated carbocycles. The highest BCUT2D eigenvalue weighted by molar-refractivity contribution is 7.58. The van der Waals surface area contributed by atoms with Gasteiger partial charge in [0.1, 0.15) is 0 Å². The molecule has 0 aromatic carbocycles. The van der Waals surface area contributed by atoms with Crippen LogP contribution >= 0.6 is 7.37 Å². The van der Waals surface area contributed by atoms with Crippen LogP contribution in [0, 0.1) is 0 Å². The minimum Gasteiger partial charge on any atom is -0.379 e. The van der Waals surface area contributed by atoms with Gasteiger partial charge >= 0.3 is 0 Å². The monoisotopic (exact) mass is 704 g/mol. The molecule has 0 amide bonds. The van der Waals surface area contributed by atoms with E-state index in [0.717, 1.165) is 19.4 Å². The van der Waals surface area contributed by atoms with Crippen LogP contribution < -0.4 is 0 Å². The van der Waals surface area contributed by atoms with Gasteiger partial charge in [-0.15, -0.1) is 0 Å². The van der Waals surface area contributed by atoms with Gasteiger partial charge in [-0.05, 0) is 34.0 Å². The summed E-state index contributed by atoms with van der Waals surface area (Å²) < 4.78 is 24.4. The van der Waals surface area contributed by atoms with Crippen LogP contribution in [0.1, 0.15) is 213 Å². The van der Waals surface area contributed by atoms with E-state index in [0.29, 0.717) is 19.4 Å². The highest BCUT2D eigenvalue weighted by Gasteiger charge is 2.23. The van der Waals surface area contributed by atoms with E-state index in [4.69, 9.17) is 9.47 Å². The van der Waals surface area contributed by atoms with Gasteiger partial charge in [0, 0.05) is 19.4 Å². The summed E-state index contributed by atoms with van der Waals surface area (Å²) in [7, 11) is 2.88. The third-order valence-corrected chi connectivity index (χ3v) is 11.2. The molecule has 6 heteroatoms. The molecule has 0 heterocycles. The second-order valence-electron chi connectivity index (χ2n) is 15.2. The minimum atomic E-state index is -3.12. The van der Waals surface area contributed by atoms with Crippen LogP contribution in [-0.4, -0.2) is 69.2 Å². The fourth-order valence-corrected chi connectivity index (χ4v) is 7.22. The standard InChI is InChI=1S/C39H81O4P.C3H9N/c1-4-7-9-11-13-15-17-19-21-22-23-25-27-29-31-33-35-42-37-39(38-44(40,41)6-3)43-36-34-32-30-28-26-24-20-18-16-14-12-10-8-5-2;1-4(2)3/h39H,4-38H2,1-3H3,(H,40,41);1-3H3. The van der Waals surface area contributed by atoms with Gasteiger partial charge in [0.2, 0.25) is 7.37 Å².